The van der Waals surface area contributed by atoms with Gasteiger partial charge in [0.2, 0.25) is 0 Å². The first-order valence-electron chi connectivity index (χ1n) is 20.1. The van der Waals surface area contributed by atoms with Gasteiger partial charge < -0.3 is 31.9 Å². The largest absolute Gasteiger partial charge is 0.314 e. The summed E-state index contributed by atoms with van der Waals surface area (Å²) in [5, 5.41) is 21.4. The fourth-order valence-electron chi connectivity index (χ4n) is 7.71. The maximum absolute atomic E-state index is 3.57. The van der Waals surface area contributed by atoms with Crippen LogP contribution in [0.25, 0.3) is 0 Å². The second kappa shape index (κ2) is 22.5. The Hall–Kier alpha value is -2.74. The second-order valence-electron chi connectivity index (χ2n) is 14.9. The van der Waals surface area contributed by atoms with Gasteiger partial charge >= 0.3 is 0 Å². The second-order valence-corrected chi connectivity index (χ2v) is 14.9. The van der Waals surface area contributed by atoms with E-state index in [0.717, 1.165) is 157 Å². The molecular formula is C42H66N10. The molecule has 6 N–H and O–H groups in total. The minimum Gasteiger partial charge on any atom is -0.314 e. The topological polar surface area (TPSA) is 85.1 Å². The lowest BCUT2D eigenvalue weighted by atomic mass is 10.1. The van der Waals surface area contributed by atoms with E-state index in [1.165, 1.54) is 33.4 Å². The predicted molar refractivity (Wildman–Crippen MR) is 215 cm³/mol. The Labute approximate surface area is 314 Å². The molecule has 284 valence electrons. The van der Waals surface area contributed by atoms with Crippen LogP contribution in [0.5, 0.6) is 0 Å². The molecule has 3 fully saturated rings. The first kappa shape index (κ1) is 39.0. The molecule has 52 heavy (non-hydrogen) atoms. The average Bonchev–Trinajstić information content (AvgIpc) is 3.44. The maximum atomic E-state index is 3.57. The highest BCUT2D eigenvalue weighted by Crippen LogP contribution is 2.19. The molecule has 3 aromatic carbocycles. The van der Waals surface area contributed by atoms with Crippen molar-refractivity contribution in [3.8, 4) is 0 Å². The molecule has 0 unspecified atom stereocenters. The number of benzene rings is 3. The number of hydrogen-bond donors (Lipinski definition) is 6. The van der Waals surface area contributed by atoms with Crippen LogP contribution in [0.15, 0.2) is 72.8 Å². The van der Waals surface area contributed by atoms with Crippen LogP contribution in [0.1, 0.15) is 33.4 Å². The molecule has 3 aromatic rings. The minimum absolute atomic E-state index is 0.915. The summed E-state index contributed by atoms with van der Waals surface area (Å²) in [6, 6.07) is 28.0. The Morgan fingerprint density at radius 1 is 0.346 bits per heavy atom. The Morgan fingerprint density at radius 2 is 0.596 bits per heavy atom. The molecule has 3 heterocycles. The van der Waals surface area contributed by atoms with Crippen LogP contribution in [0.2, 0.25) is 0 Å². The van der Waals surface area contributed by atoms with Crippen LogP contribution in [0.3, 0.4) is 0 Å². The van der Waals surface area contributed by atoms with Crippen molar-refractivity contribution in [1.82, 2.24) is 51.5 Å². The molecular weight excluding hydrogens is 645 g/mol. The van der Waals surface area contributed by atoms with Crippen molar-refractivity contribution >= 4 is 0 Å². The first-order chi connectivity index (χ1) is 25.7. The van der Waals surface area contributed by atoms with Gasteiger partial charge in [-0.25, -0.2) is 0 Å². The SMILES string of the molecule is c1cc(CN2CCNCCNCC2)cc(CN(Cc2cccc(CN3CCNCCNCC3)c2)Cc2cccc(CN3CCNCCNCC3)c2)c1. The van der Waals surface area contributed by atoms with Crippen molar-refractivity contribution < 1.29 is 0 Å². The van der Waals surface area contributed by atoms with Crippen molar-refractivity contribution in [2.45, 2.75) is 39.3 Å². The fourth-order valence-corrected chi connectivity index (χ4v) is 7.71. The number of nitrogens with one attached hydrogen (secondary N) is 6. The van der Waals surface area contributed by atoms with Gasteiger partial charge in [-0.05, 0) is 33.4 Å². The highest BCUT2D eigenvalue weighted by atomic mass is 15.2. The lowest BCUT2D eigenvalue weighted by Gasteiger charge is -2.26. The van der Waals surface area contributed by atoms with E-state index in [0.29, 0.717) is 0 Å². The lowest BCUT2D eigenvalue weighted by molar-refractivity contribution is 0.246. The summed E-state index contributed by atoms with van der Waals surface area (Å²) in [5.74, 6) is 0. The van der Waals surface area contributed by atoms with Gasteiger partial charge in [-0.2, -0.15) is 0 Å². The summed E-state index contributed by atoms with van der Waals surface area (Å²) < 4.78 is 0. The smallest absolute Gasteiger partial charge is 0.0240 e. The van der Waals surface area contributed by atoms with Gasteiger partial charge in [0.15, 0.2) is 0 Å². The maximum Gasteiger partial charge on any atom is 0.0240 e. The molecule has 0 aromatic heterocycles. The average molecular weight is 711 g/mol. The normalized spacial score (nSPS) is 20.0. The van der Waals surface area contributed by atoms with Crippen LogP contribution in [-0.2, 0) is 39.3 Å². The van der Waals surface area contributed by atoms with Crippen molar-refractivity contribution in [3.63, 3.8) is 0 Å². The standard InChI is InChI=1S/C42H66N10/c1-4-37(31-49-22-16-43-10-11-44-17-23-49)28-40(7-1)34-52(35-41-8-2-5-38(29-41)32-50-24-18-45-12-13-46-19-25-50)36-42-9-3-6-39(30-42)33-51-26-20-47-14-15-48-21-27-51/h1-9,28-30,43-48H,10-27,31-36H2. The zero-order valence-electron chi connectivity index (χ0n) is 31.7. The molecule has 0 amide bonds. The number of hydrogen-bond acceptors (Lipinski definition) is 10. The molecule has 3 aliphatic rings. The predicted octanol–water partition coefficient (Wildman–Crippen LogP) is 1.87. The van der Waals surface area contributed by atoms with Gasteiger partial charge in [0.05, 0.1) is 0 Å². The van der Waals surface area contributed by atoms with Crippen LogP contribution < -0.4 is 31.9 Å². The van der Waals surface area contributed by atoms with Crippen molar-refractivity contribution in [2.75, 3.05) is 118 Å². The molecule has 0 bridgehead atoms. The van der Waals surface area contributed by atoms with E-state index in [1.807, 2.05) is 0 Å². The molecule has 0 aliphatic carbocycles. The quantitative estimate of drug-likeness (QED) is 0.168. The van der Waals surface area contributed by atoms with E-state index in [-0.39, 0.29) is 0 Å². The zero-order valence-corrected chi connectivity index (χ0v) is 31.7. The van der Waals surface area contributed by atoms with Gasteiger partial charge in [-0.3, -0.25) is 19.6 Å². The third-order valence-electron chi connectivity index (χ3n) is 10.5. The Bertz CT molecular complexity index is 1240. The summed E-state index contributed by atoms with van der Waals surface area (Å²) in [6.07, 6.45) is 0. The van der Waals surface area contributed by atoms with Crippen LogP contribution in [0.4, 0.5) is 0 Å². The van der Waals surface area contributed by atoms with Gasteiger partial charge in [0.25, 0.3) is 0 Å². The van der Waals surface area contributed by atoms with Crippen LogP contribution in [-0.4, -0.2) is 137 Å². The Morgan fingerprint density at radius 3 is 0.865 bits per heavy atom. The molecule has 3 saturated heterocycles. The molecule has 0 atom stereocenters. The third kappa shape index (κ3) is 14.2. The van der Waals surface area contributed by atoms with Gasteiger partial charge in [-0.1, -0.05) is 72.8 Å². The van der Waals surface area contributed by atoms with E-state index in [4.69, 9.17) is 0 Å². The molecule has 3 aliphatic heterocycles. The summed E-state index contributed by atoms with van der Waals surface area (Å²) in [7, 11) is 0. The van der Waals surface area contributed by atoms with E-state index in [9.17, 15) is 0 Å². The van der Waals surface area contributed by atoms with Gasteiger partial charge in [-0.15, -0.1) is 0 Å². The fraction of sp³-hybridized carbons (Fsp3) is 0.571. The van der Waals surface area contributed by atoms with Crippen molar-refractivity contribution in [2.24, 2.45) is 0 Å². The molecule has 0 spiro atoms. The van der Waals surface area contributed by atoms with Gasteiger partial charge in [0, 0.05) is 157 Å². The zero-order chi connectivity index (χ0) is 35.5. The highest BCUT2D eigenvalue weighted by Gasteiger charge is 2.15. The van der Waals surface area contributed by atoms with E-state index in [1.54, 1.807) is 0 Å². The molecule has 0 saturated carbocycles. The summed E-state index contributed by atoms with van der Waals surface area (Å²) in [5.41, 5.74) is 8.38. The van der Waals surface area contributed by atoms with Gasteiger partial charge in [0.1, 0.15) is 0 Å². The molecule has 10 heteroatoms. The van der Waals surface area contributed by atoms with E-state index in [2.05, 4.69) is 124 Å². The third-order valence-corrected chi connectivity index (χ3v) is 10.5. The molecule has 10 nitrogen and oxygen atoms in total. The molecule has 0 radical (unpaired) electrons. The summed E-state index contributed by atoms with van der Waals surface area (Å²) in [6.45, 7) is 24.8. The van der Waals surface area contributed by atoms with E-state index < -0.39 is 0 Å². The van der Waals surface area contributed by atoms with Crippen molar-refractivity contribution in [1.29, 1.82) is 0 Å². The minimum atomic E-state index is 0.915. The monoisotopic (exact) mass is 711 g/mol. The highest BCUT2D eigenvalue weighted by molar-refractivity contribution is 5.27. The van der Waals surface area contributed by atoms with E-state index >= 15 is 0 Å². The summed E-state index contributed by atoms with van der Waals surface area (Å²) >= 11 is 0. The van der Waals surface area contributed by atoms with Crippen molar-refractivity contribution in [3.05, 3.63) is 106 Å². The van der Waals surface area contributed by atoms with Crippen LogP contribution >= 0.6 is 0 Å². The van der Waals surface area contributed by atoms with Crippen LogP contribution in [0, 0.1) is 0 Å². The molecule has 6 rings (SSSR count). The number of nitrogens with zero attached hydrogens (tertiary/aromatic N) is 4. The number of rotatable bonds is 12. The Balaban J connectivity index is 1.16. The summed E-state index contributed by atoms with van der Waals surface area (Å²) in [4.78, 5) is 10.4. The first-order valence-corrected chi connectivity index (χ1v) is 20.1. The Kier molecular flexibility index (Phi) is 16.8. The lowest BCUT2D eigenvalue weighted by Crippen LogP contribution is -2.33.